The molecule has 2 atom stereocenters. The molecule has 116 valence electrons. The molecule has 2 aromatic rings. The molecule has 0 radical (unpaired) electrons. The first-order chi connectivity index (χ1) is 10.4. The van der Waals surface area contributed by atoms with Crippen molar-refractivity contribution in [3.63, 3.8) is 0 Å². The van der Waals surface area contributed by atoms with Crippen LogP contribution in [0, 0.1) is 0 Å². The Morgan fingerprint density at radius 3 is 2.50 bits per heavy atom. The van der Waals surface area contributed by atoms with E-state index in [0.29, 0.717) is 10.6 Å². The molecule has 0 bridgehead atoms. The van der Waals surface area contributed by atoms with Gasteiger partial charge < -0.3 is 10.4 Å². The van der Waals surface area contributed by atoms with Gasteiger partial charge in [0, 0.05) is 18.1 Å². The van der Waals surface area contributed by atoms with Gasteiger partial charge >= 0.3 is 0 Å². The minimum absolute atomic E-state index is 0.109. The Morgan fingerprint density at radius 2 is 1.91 bits per heavy atom. The quantitative estimate of drug-likeness (QED) is 0.888. The van der Waals surface area contributed by atoms with Crippen LogP contribution in [0.3, 0.4) is 0 Å². The Bertz CT molecular complexity index is 728. The molecule has 2 unspecified atom stereocenters. The van der Waals surface area contributed by atoms with Gasteiger partial charge in [0.15, 0.2) is 0 Å². The van der Waals surface area contributed by atoms with Gasteiger partial charge in [-0.05, 0) is 30.7 Å². The third kappa shape index (κ3) is 3.72. The summed E-state index contributed by atoms with van der Waals surface area (Å²) in [4.78, 5) is 23.3. The number of hydrogen-bond donors (Lipinski definition) is 2. The van der Waals surface area contributed by atoms with Crippen LogP contribution in [0.15, 0.2) is 41.2 Å². The largest absolute Gasteiger partial charge is 0.386 e. The summed E-state index contributed by atoms with van der Waals surface area (Å²) in [6, 6.07) is 8.81. The fraction of sp³-hybridized carbons (Fsp3) is 0.267. The SMILES string of the molecule is CC(NC(=O)c1ccc(=O)n(C)n1)C(O)c1ccc(Cl)cc1. The number of aliphatic hydroxyl groups is 1. The van der Waals surface area contributed by atoms with Crippen molar-refractivity contribution >= 4 is 17.5 Å². The van der Waals surface area contributed by atoms with Crippen molar-refractivity contribution < 1.29 is 9.90 Å². The van der Waals surface area contributed by atoms with Crippen LogP contribution in [-0.2, 0) is 7.05 Å². The average molecular weight is 322 g/mol. The molecule has 1 aromatic heterocycles. The maximum Gasteiger partial charge on any atom is 0.272 e. The number of nitrogens with zero attached hydrogens (tertiary/aromatic N) is 2. The predicted molar refractivity (Wildman–Crippen MR) is 82.8 cm³/mol. The fourth-order valence-electron chi connectivity index (χ4n) is 1.93. The molecular weight excluding hydrogens is 306 g/mol. The maximum absolute atomic E-state index is 12.1. The molecule has 0 saturated carbocycles. The second-order valence-corrected chi connectivity index (χ2v) is 5.38. The molecule has 0 aliphatic rings. The number of carbonyl (C=O) groups is 1. The van der Waals surface area contributed by atoms with Crippen LogP contribution in [0.1, 0.15) is 29.1 Å². The Hall–Kier alpha value is -2.18. The second kappa shape index (κ2) is 6.72. The van der Waals surface area contributed by atoms with Gasteiger partial charge in [0.05, 0.1) is 12.1 Å². The summed E-state index contributed by atoms with van der Waals surface area (Å²) < 4.78 is 1.08. The molecule has 0 fully saturated rings. The molecule has 1 heterocycles. The highest BCUT2D eigenvalue weighted by molar-refractivity contribution is 6.30. The zero-order valence-electron chi connectivity index (χ0n) is 12.2. The van der Waals surface area contributed by atoms with E-state index in [1.807, 2.05) is 0 Å². The van der Waals surface area contributed by atoms with Crippen LogP contribution in [-0.4, -0.2) is 26.8 Å². The van der Waals surface area contributed by atoms with E-state index in [9.17, 15) is 14.7 Å². The lowest BCUT2D eigenvalue weighted by Crippen LogP contribution is -2.38. The van der Waals surface area contributed by atoms with Crippen LogP contribution in [0.4, 0.5) is 0 Å². The third-order valence-electron chi connectivity index (χ3n) is 3.24. The first kappa shape index (κ1) is 16.2. The lowest BCUT2D eigenvalue weighted by atomic mass is 10.0. The van der Waals surface area contributed by atoms with E-state index in [2.05, 4.69) is 10.4 Å². The van der Waals surface area contributed by atoms with Gasteiger partial charge in [-0.3, -0.25) is 9.59 Å². The van der Waals surface area contributed by atoms with E-state index in [1.165, 1.54) is 19.2 Å². The van der Waals surface area contributed by atoms with E-state index < -0.39 is 18.1 Å². The van der Waals surface area contributed by atoms with Gasteiger partial charge in [-0.15, -0.1) is 0 Å². The number of aryl methyl sites for hydroxylation is 1. The standard InChI is InChI=1S/C15H16ClN3O3/c1-9(14(21)10-3-5-11(16)6-4-10)17-15(22)12-7-8-13(20)19(2)18-12/h3-9,14,21H,1-2H3,(H,17,22). The molecule has 1 aromatic carbocycles. The van der Waals surface area contributed by atoms with E-state index >= 15 is 0 Å². The van der Waals surface area contributed by atoms with Crippen molar-refractivity contribution in [2.75, 3.05) is 0 Å². The van der Waals surface area contributed by atoms with Gasteiger partial charge in [0.25, 0.3) is 11.5 Å². The van der Waals surface area contributed by atoms with Crippen molar-refractivity contribution in [2.45, 2.75) is 19.1 Å². The van der Waals surface area contributed by atoms with Crippen LogP contribution in [0.25, 0.3) is 0 Å². The first-order valence-electron chi connectivity index (χ1n) is 6.67. The van der Waals surface area contributed by atoms with Gasteiger partial charge in [0.2, 0.25) is 0 Å². The molecule has 0 saturated heterocycles. The van der Waals surface area contributed by atoms with Crippen molar-refractivity contribution in [1.82, 2.24) is 15.1 Å². The van der Waals surface area contributed by atoms with Crippen LogP contribution < -0.4 is 10.9 Å². The van der Waals surface area contributed by atoms with E-state index in [-0.39, 0.29) is 11.3 Å². The highest BCUT2D eigenvalue weighted by Crippen LogP contribution is 2.19. The number of nitrogens with one attached hydrogen (secondary N) is 1. The number of aliphatic hydroxyl groups excluding tert-OH is 1. The molecule has 7 heteroatoms. The Kier molecular flexibility index (Phi) is 4.95. The summed E-state index contributed by atoms with van der Waals surface area (Å²) in [6.45, 7) is 1.68. The smallest absolute Gasteiger partial charge is 0.272 e. The molecule has 0 spiro atoms. The summed E-state index contributed by atoms with van der Waals surface area (Å²) in [6.07, 6.45) is -0.881. The fourth-order valence-corrected chi connectivity index (χ4v) is 2.06. The minimum atomic E-state index is -0.881. The average Bonchev–Trinajstić information content (AvgIpc) is 2.50. The summed E-state index contributed by atoms with van der Waals surface area (Å²) in [7, 11) is 1.46. The van der Waals surface area contributed by atoms with E-state index in [1.54, 1.807) is 31.2 Å². The molecular formula is C15H16ClN3O3. The maximum atomic E-state index is 12.1. The van der Waals surface area contributed by atoms with Gasteiger partial charge in [-0.1, -0.05) is 23.7 Å². The molecule has 1 amide bonds. The normalized spacial score (nSPS) is 13.5. The monoisotopic (exact) mass is 321 g/mol. The number of benzene rings is 1. The summed E-state index contributed by atoms with van der Waals surface area (Å²) in [5.74, 6) is -0.462. The molecule has 0 aliphatic heterocycles. The van der Waals surface area contributed by atoms with E-state index in [0.717, 1.165) is 4.68 Å². The summed E-state index contributed by atoms with van der Waals surface area (Å²) in [5, 5.41) is 17.3. The first-order valence-corrected chi connectivity index (χ1v) is 7.05. The number of amides is 1. The second-order valence-electron chi connectivity index (χ2n) is 4.94. The summed E-state index contributed by atoms with van der Waals surface area (Å²) >= 11 is 5.80. The highest BCUT2D eigenvalue weighted by atomic mass is 35.5. The molecule has 22 heavy (non-hydrogen) atoms. The van der Waals surface area contributed by atoms with Crippen LogP contribution in [0.2, 0.25) is 5.02 Å². The zero-order valence-corrected chi connectivity index (χ0v) is 12.9. The molecule has 6 nitrogen and oxygen atoms in total. The van der Waals surface area contributed by atoms with E-state index in [4.69, 9.17) is 11.6 Å². The van der Waals surface area contributed by atoms with Crippen LogP contribution >= 0.6 is 11.6 Å². The number of halogens is 1. The molecule has 0 aliphatic carbocycles. The highest BCUT2D eigenvalue weighted by Gasteiger charge is 2.20. The van der Waals surface area contributed by atoms with Crippen LogP contribution in [0.5, 0.6) is 0 Å². The van der Waals surface area contributed by atoms with Gasteiger partial charge in [-0.25, -0.2) is 4.68 Å². The minimum Gasteiger partial charge on any atom is -0.386 e. The molecule has 2 rings (SSSR count). The lowest BCUT2D eigenvalue weighted by Gasteiger charge is -2.20. The summed E-state index contributed by atoms with van der Waals surface area (Å²) in [5.41, 5.74) is 0.452. The van der Waals surface area contributed by atoms with Gasteiger partial charge in [-0.2, -0.15) is 5.10 Å². The molecule has 2 N–H and O–H groups in total. The topological polar surface area (TPSA) is 84.2 Å². The zero-order chi connectivity index (χ0) is 16.3. The number of hydrogen-bond acceptors (Lipinski definition) is 4. The number of rotatable bonds is 4. The van der Waals surface area contributed by atoms with Crippen molar-refractivity contribution in [2.24, 2.45) is 7.05 Å². The number of aromatic nitrogens is 2. The van der Waals surface area contributed by atoms with Crippen molar-refractivity contribution in [3.05, 3.63) is 63.0 Å². The lowest BCUT2D eigenvalue weighted by molar-refractivity contribution is 0.0845. The Labute approximate surface area is 132 Å². The predicted octanol–water partition coefficient (Wildman–Crippen LogP) is 1.29. The van der Waals surface area contributed by atoms with Gasteiger partial charge in [0.1, 0.15) is 5.69 Å². The third-order valence-corrected chi connectivity index (χ3v) is 3.49. The Balaban J connectivity index is 2.08. The van der Waals surface area contributed by atoms with Crippen molar-refractivity contribution in [1.29, 1.82) is 0 Å². The van der Waals surface area contributed by atoms with Crippen molar-refractivity contribution in [3.8, 4) is 0 Å². The number of carbonyl (C=O) groups excluding carboxylic acids is 1. The Morgan fingerprint density at radius 1 is 1.27 bits per heavy atom.